The van der Waals surface area contributed by atoms with Gasteiger partial charge in [-0.3, -0.25) is 9.69 Å². The molecule has 0 unspecified atom stereocenters. The Morgan fingerprint density at radius 3 is 2.27 bits per heavy atom. The van der Waals surface area contributed by atoms with Gasteiger partial charge in [0.2, 0.25) is 15.9 Å². The normalized spacial score (nSPS) is 20.5. The summed E-state index contributed by atoms with van der Waals surface area (Å²) < 4.78 is 37.4. The van der Waals surface area contributed by atoms with Gasteiger partial charge in [0, 0.05) is 31.1 Å². The van der Waals surface area contributed by atoms with Crippen LogP contribution in [0.15, 0.2) is 23.1 Å². The number of nitrogens with zero attached hydrogens (tertiary/aromatic N) is 2. The van der Waals surface area contributed by atoms with Crippen LogP contribution in [0.5, 0.6) is 11.5 Å². The second-order valence-electron chi connectivity index (χ2n) is 6.71. The fourth-order valence-corrected chi connectivity index (χ4v) is 5.05. The maximum absolute atomic E-state index is 12.8. The van der Waals surface area contributed by atoms with Crippen LogP contribution in [-0.4, -0.2) is 70.0 Å². The van der Waals surface area contributed by atoms with Crippen molar-refractivity contribution >= 4 is 15.9 Å². The first kappa shape index (κ1) is 18.9. The Bertz CT molecular complexity index is 769. The van der Waals surface area contributed by atoms with Gasteiger partial charge in [0.25, 0.3) is 0 Å². The van der Waals surface area contributed by atoms with Crippen LogP contribution in [0, 0.1) is 5.92 Å². The number of benzene rings is 1. The molecular weight excluding hydrogens is 358 g/mol. The number of piperidine rings is 1. The molecule has 0 bridgehead atoms. The van der Waals surface area contributed by atoms with Gasteiger partial charge in [0.15, 0.2) is 11.5 Å². The second-order valence-corrected chi connectivity index (χ2v) is 8.64. The number of primary amides is 1. The van der Waals surface area contributed by atoms with Crippen molar-refractivity contribution in [3.63, 3.8) is 0 Å². The standard InChI is InChI=1S/C17H25N3O5S/c1-24-15-4-3-14(9-16(15)25-2)26(22,23)20-10-13(11-20)19-7-5-12(6-8-19)17(18)21/h3-4,9,12-13H,5-8,10-11H2,1-2H3,(H2,18,21). The lowest BCUT2D eigenvalue weighted by atomic mass is 9.94. The summed E-state index contributed by atoms with van der Waals surface area (Å²) in [7, 11) is -0.575. The Hall–Kier alpha value is -1.84. The van der Waals surface area contributed by atoms with E-state index >= 15 is 0 Å². The molecule has 0 aliphatic carbocycles. The van der Waals surface area contributed by atoms with Crippen LogP contribution in [-0.2, 0) is 14.8 Å². The highest BCUT2D eigenvalue weighted by molar-refractivity contribution is 7.89. The first-order chi connectivity index (χ1) is 12.4. The van der Waals surface area contributed by atoms with Crippen molar-refractivity contribution in [1.29, 1.82) is 0 Å². The number of methoxy groups -OCH3 is 2. The minimum absolute atomic E-state index is 0.0575. The molecule has 0 aromatic heterocycles. The maximum Gasteiger partial charge on any atom is 0.243 e. The van der Waals surface area contributed by atoms with E-state index < -0.39 is 10.0 Å². The zero-order chi connectivity index (χ0) is 18.9. The molecule has 8 nitrogen and oxygen atoms in total. The third-order valence-electron chi connectivity index (χ3n) is 5.27. The van der Waals surface area contributed by atoms with Crippen molar-refractivity contribution in [3.05, 3.63) is 18.2 Å². The minimum atomic E-state index is -3.56. The van der Waals surface area contributed by atoms with Gasteiger partial charge in [-0.15, -0.1) is 0 Å². The van der Waals surface area contributed by atoms with Crippen LogP contribution in [0.1, 0.15) is 12.8 Å². The maximum atomic E-state index is 12.8. The molecule has 0 atom stereocenters. The minimum Gasteiger partial charge on any atom is -0.493 e. The van der Waals surface area contributed by atoms with E-state index in [1.165, 1.54) is 30.7 Å². The molecule has 2 fully saturated rings. The Labute approximate surface area is 153 Å². The number of carbonyl (C=O) groups is 1. The Morgan fingerprint density at radius 1 is 1.12 bits per heavy atom. The zero-order valence-corrected chi connectivity index (χ0v) is 15.9. The van der Waals surface area contributed by atoms with E-state index in [-0.39, 0.29) is 22.8 Å². The van der Waals surface area contributed by atoms with E-state index in [9.17, 15) is 13.2 Å². The van der Waals surface area contributed by atoms with Crippen molar-refractivity contribution < 1.29 is 22.7 Å². The van der Waals surface area contributed by atoms with Crippen LogP contribution < -0.4 is 15.2 Å². The molecule has 9 heteroatoms. The van der Waals surface area contributed by atoms with Gasteiger partial charge in [-0.2, -0.15) is 4.31 Å². The predicted octanol–water partition coefficient (Wildman–Crippen LogP) is 0.274. The number of ether oxygens (including phenoxy) is 2. The summed E-state index contributed by atoms with van der Waals surface area (Å²) in [6.45, 7) is 2.47. The van der Waals surface area contributed by atoms with Gasteiger partial charge < -0.3 is 15.2 Å². The summed E-state index contributed by atoms with van der Waals surface area (Å²) in [4.78, 5) is 13.7. The molecule has 3 rings (SSSR count). The lowest BCUT2D eigenvalue weighted by molar-refractivity contribution is -0.123. The van der Waals surface area contributed by atoms with Crippen LogP contribution in [0.2, 0.25) is 0 Å². The monoisotopic (exact) mass is 383 g/mol. The molecule has 26 heavy (non-hydrogen) atoms. The number of carbonyl (C=O) groups excluding carboxylic acids is 1. The fraction of sp³-hybridized carbons (Fsp3) is 0.588. The summed E-state index contributed by atoms with van der Waals surface area (Å²) in [5, 5.41) is 0. The molecule has 144 valence electrons. The van der Waals surface area contributed by atoms with Gasteiger partial charge in [-0.1, -0.05) is 0 Å². The van der Waals surface area contributed by atoms with Crippen molar-refractivity contribution in [1.82, 2.24) is 9.21 Å². The Kier molecular flexibility index (Phi) is 5.40. The summed E-state index contributed by atoms with van der Waals surface area (Å²) in [6, 6.07) is 4.80. The summed E-state index contributed by atoms with van der Waals surface area (Å²) >= 11 is 0. The number of amides is 1. The zero-order valence-electron chi connectivity index (χ0n) is 15.1. The second kappa shape index (κ2) is 7.42. The molecule has 2 aliphatic heterocycles. The lowest BCUT2D eigenvalue weighted by Gasteiger charge is -2.46. The lowest BCUT2D eigenvalue weighted by Crippen LogP contribution is -2.62. The van der Waals surface area contributed by atoms with E-state index in [4.69, 9.17) is 15.2 Å². The Morgan fingerprint density at radius 2 is 1.73 bits per heavy atom. The molecule has 0 saturated carbocycles. The molecule has 2 heterocycles. The average Bonchev–Trinajstić information content (AvgIpc) is 2.60. The highest BCUT2D eigenvalue weighted by Crippen LogP contribution is 2.33. The number of sulfonamides is 1. The average molecular weight is 383 g/mol. The topological polar surface area (TPSA) is 102 Å². The third-order valence-corrected chi connectivity index (χ3v) is 7.10. The van der Waals surface area contributed by atoms with Crippen LogP contribution >= 0.6 is 0 Å². The highest BCUT2D eigenvalue weighted by Gasteiger charge is 2.41. The molecule has 1 aromatic rings. The molecule has 2 N–H and O–H groups in total. The van der Waals surface area contributed by atoms with Crippen molar-refractivity contribution in [2.24, 2.45) is 11.7 Å². The third kappa shape index (κ3) is 3.51. The molecule has 1 aromatic carbocycles. The highest BCUT2D eigenvalue weighted by atomic mass is 32.2. The smallest absolute Gasteiger partial charge is 0.243 e. The van der Waals surface area contributed by atoms with Crippen molar-refractivity contribution in [2.75, 3.05) is 40.4 Å². The van der Waals surface area contributed by atoms with E-state index in [0.717, 1.165) is 25.9 Å². The van der Waals surface area contributed by atoms with Crippen molar-refractivity contribution in [3.8, 4) is 11.5 Å². The number of nitrogens with two attached hydrogens (primary N) is 1. The fourth-order valence-electron chi connectivity index (χ4n) is 3.52. The molecule has 0 radical (unpaired) electrons. The van der Waals surface area contributed by atoms with Gasteiger partial charge >= 0.3 is 0 Å². The molecule has 2 aliphatic rings. The van der Waals surface area contributed by atoms with E-state index in [1.807, 2.05) is 0 Å². The van der Waals surface area contributed by atoms with Gasteiger partial charge in [0.05, 0.1) is 19.1 Å². The number of hydrogen-bond donors (Lipinski definition) is 1. The summed E-state index contributed by atoms with van der Waals surface area (Å²) in [6.07, 6.45) is 1.49. The van der Waals surface area contributed by atoms with Crippen LogP contribution in [0.3, 0.4) is 0 Å². The predicted molar refractivity (Wildman–Crippen MR) is 95.6 cm³/mol. The largest absolute Gasteiger partial charge is 0.493 e. The Balaban J connectivity index is 1.62. The first-order valence-electron chi connectivity index (χ1n) is 8.62. The molecular formula is C17H25N3O5S. The van der Waals surface area contributed by atoms with Gasteiger partial charge in [0.1, 0.15) is 0 Å². The van der Waals surface area contributed by atoms with E-state index in [2.05, 4.69) is 4.90 Å². The van der Waals surface area contributed by atoms with Gasteiger partial charge in [-0.25, -0.2) is 8.42 Å². The number of likely N-dealkylation sites (tertiary alicyclic amines) is 1. The molecule has 2 saturated heterocycles. The number of rotatable bonds is 6. The molecule has 1 amide bonds. The summed E-state index contributed by atoms with van der Waals surface area (Å²) in [5.41, 5.74) is 5.36. The number of hydrogen-bond acceptors (Lipinski definition) is 6. The quantitative estimate of drug-likeness (QED) is 0.757. The SMILES string of the molecule is COc1ccc(S(=O)(=O)N2CC(N3CCC(C(N)=O)CC3)C2)cc1OC. The van der Waals surface area contributed by atoms with E-state index in [0.29, 0.717) is 24.6 Å². The van der Waals surface area contributed by atoms with Crippen LogP contribution in [0.25, 0.3) is 0 Å². The van der Waals surface area contributed by atoms with E-state index in [1.54, 1.807) is 6.07 Å². The van der Waals surface area contributed by atoms with Gasteiger partial charge in [-0.05, 0) is 38.1 Å². The van der Waals surface area contributed by atoms with Crippen LogP contribution in [0.4, 0.5) is 0 Å². The van der Waals surface area contributed by atoms with Crippen molar-refractivity contribution in [2.45, 2.75) is 23.8 Å². The molecule has 0 spiro atoms. The summed E-state index contributed by atoms with van der Waals surface area (Å²) in [5.74, 6) is 0.582. The first-order valence-corrected chi connectivity index (χ1v) is 10.1.